The number of methoxy groups -OCH3 is 1. The van der Waals surface area contributed by atoms with E-state index in [1.165, 1.54) is 6.08 Å². The number of rotatable bonds is 3. The normalized spacial score (nSPS) is 13.1. The Labute approximate surface area is 166 Å². The first-order valence-corrected chi connectivity index (χ1v) is 8.94. The summed E-state index contributed by atoms with van der Waals surface area (Å²) >= 11 is 0. The standard InChI is InChI=1S/C12H13N3O.C7H11NO.C2H6O/c13-10(7-8-5-6-15-12(8)14)9-3-1-2-4-11(9)16;1-2-7(9)8-5-3-4-6-8;1-3-2/h1-7,15-16H,13-14H2;2H,1,3-6H2;1-2H3/b10-7-;;. The fourth-order valence-corrected chi connectivity index (χ4v) is 2.55. The third-order valence-corrected chi connectivity index (χ3v) is 3.93. The van der Waals surface area contributed by atoms with Gasteiger partial charge in [-0.25, -0.2) is 0 Å². The van der Waals surface area contributed by atoms with Crippen LogP contribution in [0.5, 0.6) is 5.75 Å². The van der Waals surface area contributed by atoms with E-state index in [0.717, 1.165) is 31.5 Å². The van der Waals surface area contributed by atoms with Gasteiger partial charge in [0.25, 0.3) is 0 Å². The summed E-state index contributed by atoms with van der Waals surface area (Å²) in [5.74, 6) is 0.788. The number of aromatic amines is 1. The van der Waals surface area contributed by atoms with Crippen LogP contribution in [0.3, 0.4) is 0 Å². The van der Waals surface area contributed by atoms with Gasteiger partial charge in [-0.05, 0) is 43.2 Å². The number of amides is 1. The fraction of sp³-hybridized carbons (Fsp3) is 0.286. The highest BCUT2D eigenvalue weighted by Crippen LogP contribution is 2.24. The highest BCUT2D eigenvalue weighted by Gasteiger charge is 2.14. The van der Waals surface area contributed by atoms with E-state index in [9.17, 15) is 9.90 Å². The zero-order valence-corrected chi connectivity index (χ0v) is 16.5. The van der Waals surface area contributed by atoms with Crippen LogP contribution in [0.2, 0.25) is 0 Å². The first-order chi connectivity index (χ1) is 13.4. The maximum atomic E-state index is 10.8. The van der Waals surface area contributed by atoms with Crippen molar-refractivity contribution in [2.75, 3.05) is 33.0 Å². The zero-order chi connectivity index (χ0) is 20.9. The second-order valence-corrected chi connectivity index (χ2v) is 6.11. The Balaban J connectivity index is 0.000000276. The number of nitrogens with zero attached hydrogens (tertiary/aromatic N) is 1. The van der Waals surface area contributed by atoms with Crippen molar-refractivity contribution >= 4 is 23.5 Å². The SMILES string of the molecule is C=CC(=O)N1CCCC1.COC.N/C(=C\c1cc[nH]c1N)c1ccccc1O. The first-order valence-electron chi connectivity index (χ1n) is 8.94. The van der Waals surface area contributed by atoms with Crippen molar-refractivity contribution in [2.24, 2.45) is 5.73 Å². The van der Waals surface area contributed by atoms with Gasteiger partial charge in [0.15, 0.2) is 0 Å². The highest BCUT2D eigenvalue weighted by molar-refractivity contribution is 5.87. The fourth-order valence-electron chi connectivity index (χ4n) is 2.55. The third-order valence-electron chi connectivity index (χ3n) is 3.93. The van der Waals surface area contributed by atoms with E-state index in [1.807, 2.05) is 17.0 Å². The molecule has 0 radical (unpaired) electrons. The summed E-state index contributed by atoms with van der Waals surface area (Å²) in [6.07, 6.45) is 7.14. The highest BCUT2D eigenvalue weighted by atomic mass is 16.4. The van der Waals surface area contributed by atoms with Crippen molar-refractivity contribution in [3.8, 4) is 5.75 Å². The molecule has 1 aliphatic heterocycles. The Hall–Kier alpha value is -3.19. The number of aromatic hydroxyl groups is 1. The molecule has 0 bridgehead atoms. The van der Waals surface area contributed by atoms with Crippen LogP contribution in [0, 0.1) is 0 Å². The minimum absolute atomic E-state index is 0.0764. The first kappa shape index (κ1) is 22.9. The number of nitrogens with one attached hydrogen (secondary N) is 1. The van der Waals surface area contributed by atoms with E-state index in [2.05, 4.69) is 16.3 Å². The van der Waals surface area contributed by atoms with Crippen LogP contribution in [0.15, 0.2) is 49.2 Å². The molecule has 1 aromatic carbocycles. The van der Waals surface area contributed by atoms with Crippen LogP contribution < -0.4 is 11.5 Å². The average Bonchev–Trinajstić information content (AvgIpc) is 3.35. The van der Waals surface area contributed by atoms with Gasteiger partial charge in [0.2, 0.25) is 5.91 Å². The van der Waals surface area contributed by atoms with Gasteiger partial charge in [-0.2, -0.15) is 0 Å². The molecule has 3 rings (SSSR count). The minimum atomic E-state index is 0.0764. The van der Waals surface area contributed by atoms with Crippen LogP contribution in [0.25, 0.3) is 11.8 Å². The van der Waals surface area contributed by atoms with E-state index in [1.54, 1.807) is 44.7 Å². The average molecular weight is 386 g/mol. The number of para-hydroxylation sites is 1. The molecule has 0 unspecified atom stereocenters. The lowest BCUT2D eigenvalue weighted by molar-refractivity contribution is -0.124. The van der Waals surface area contributed by atoms with Gasteiger partial charge < -0.3 is 31.2 Å². The Bertz CT molecular complexity index is 777. The lowest BCUT2D eigenvalue weighted by atomic mass is 10.1. The van der Waals surface area contributed by atoms with Crippen LogP contribution >= 0.6 is 0 Å². The number of ether oxygens (including phenoxy) is 1. The largest absolute Gasteiger partial charge is 0.507 e. The molecule has 0 atom stereocenters. The number of phenols is 1. The van der Waals surface area contributed by atoms with Crippen LogP contribution in [0.1, 0.15) is 24.0 Å². The maximum absolute atomic E-state index is 10.8. The van der Waals surface area contributed by atoms with Gasteiger partial charge in [-0.1, -0.05) is 18.7 Å². The number of carbonyl (C=O) groups is 1. The molecule has 6 N–H and O–H groups in total. The predicted octanol–water partition coefficient (Wildman–Crippen LogP) is 2.82. The van der Waals surface area contributed by atoms with Crippen LogP contribution in [-0.4, -0.2) is 48.2 Å². The van der Waals surface area contributed by atoms with E-state index >= 15 is 0 Å². The third kappa shape index (κ3) is 7.20. The van der Waals surface area contributed by atoms with Crippen molar-refractivity contribution in [1.29, 1.82) is 0 Å². The number of nitrogens with two attached hydrogens (primary N) is 2. The number of carbonyl (C=O) groups excluding carboxylic acids is 1. The monoisotopic (exact) mass is 386 g/mol. The number of H-pyrrole nitrogens is 1. The lowest BCUT2D eigenvalue weighted by Crippen LogP contribution is -2.25. The molecule has 2 aromatic rings. The van der Waals surface area contributed by atoms with Crippen LogP contribution in [-0.2, 0) is 9.53 Å². The summed E-state index contributed by atoms with van der Waals surface area (Å²) in [6, 6.07) is 8.73. The lowest BCUT2D eigenvalue weighted by Gasteiger charge is -2.10. The zero-order valence-electron chi connectivity index (χ0n) is 16.5. The molecule has 0 spiro atoms. The molecule has 0 saturated carbocycles. The van der Waals surface area contributed by atoms with Crippen molar-refractivity contribution in [3.05, 3.63) is 60.3 Å². The van der Waals surface area contributed by atoms with Crippen molar-refractivity contribution < 1.29 is 14.6 Å². The number of hydrogen-bond donors (Lipinski definition) is 4. The van der Waals surface area contributed by atoms with E-state index in [-0.39, 0.29) is 11.7 Å². The molecule has 1 aromatic heterocycles. The van der Waals surface area contributed by atoms with Crippen molar-refractivity contribution in [3.63, 3.8) is 0 Å². The van der Waals surface area contributed by atoms with Crippen molar-refractivity contribution in [2.45, 2.75) is 12.8 Å². The van der Waals surface area contributed by atoms with Gasteiger partial charge in [0.1, 0.15) is 11.6 Å². The van der Waals surface area contributed by atoms with Crippen molar-refractivity contribution in [1.82, 2.24) is 9.88 Å². The number of benzene rings is 1. The summed E-state index contributed by atoms with van der Waals surface area (Å²) in [5, 5.41) is 9.62. The Morgan fingerprint density at radius 1 is 1.25 bits per heavy atom. The molecule has 1 amide bonds. The Kier molecular flexibility index (Phi) is 9.99. The molecule has 28 heavy (non-hydrogen) atoms. The van der Waals surface area contributed by atoms with Gasteiger partial charge in [0.05, 0.1) is 0 Å². The molecule has 0 aliphatic carbocycles. The number of hydrogen-bond acceptors (Lipinski definition) is 5. The molecule has 7 heteroatoms. The summed E-state index contributed by atoms with van der Waals surface area (Å²) in [5.41, 5.74) is 13.5. The molecule has 7 nitrogen and oxygen atoms in total. The smallest absolute Gasteiger partial charge is 0.245 e. The van der Waals surface area contributed by atoms with E-state index in [4.69, 9.17) is 11.5 Å². The van der Waals surface area contributed by atoms with Gasteiger partial charge in [0, 0.05) is 50.3 Å². The molecule has 1 fully saturated rings. The van der Waals surface area contributed by atoms with Gasteiger partial charge >= 0.3 is 0 Å². The molecule has 2 heterocycles. The Morgan fingerprint density at radius 3 is 2.36 bits per heavy atom. The topological polar surface area (TPSA) is 118 Å². The molecular weight excluding hydrogens is 356 g/mol. The molecule has 152 valence electrons. The Morgan fingerprint density at radius 2 is 1.86 bits per heavy atom. The van der Waals surface area contributed by atoms with E-state index in [0.29, 0.717) is 17.1 Å². The minimum Gasteiger partial charge on any atom is -0.507 e. The molecule has 1 aliphatic rings. The second kappa shape index (κ2) is 12.2. The predicted molar refractivity (Wildman–Crippen MR) is 114 cm³/mol. The number of anilines is 1. The van der Waals surface area contributed by atoms with Gasteiger partial charge in [-0.3, -0.25) is 4.79 Å². The number of phenolic OH excluding ortho intramolecular Hbond substituents is 1. The number of aromatic nitrogens is 1. The second-order valence-electron chi connectivity index (χ2n) is 6.11. The molecular formula is C21H30N4O3. The summed E-state index contributed by atoms with van der Waals surface area (Å²) < 4.78 is 4.25. The number of likely N-dealkylation sites (tertiary alicyclic amines) is 1. The quantitative estimate of drug-likeness (QED) is 0.605. The number of nitrogen functional groups attached to an aromatic ring is 1. The van der Waals surface area contributed by atoms with Crippen LogP contribution in [0.4, 0.5) is 5.82 Å². The summed E-state index contributed by atoms with van der Waals surface area (Å²) in [6.45, 7) is 5.26. The molecule has 1 saturated heterocycles. The summed E-state index contributed by atoms with van der Waals surface area (Å²) in [7, 11) is 3.25. The maximum Gasteiger partial charge on any atom is 0.245 e. The summed E-state index contributed by atoms with van der Waals surface area (Å²) in [4.78, 5) is 15.5. The van der Waals surface area contributed by atoms with Gasteiger partial charge in [-0.15, -0.1) is 0 Å². The van der Waals surface area contributed by atoms with E-state index < -0.39 is 0 Å².